The summed E-state index contributed by atoms with van der Waals surface area (Å²) >= 11 is 11.7. The van der Waals surface area contributed by atoms with Crippen LogP contribution in [-0.2, 0) is 14.8 Å². The number of halogens is 3. The highest BCUT2D eigenvalue weighted by molar-refractivity contribution is 7.90. The van der Waals surface area contributed by atoms with Crippen LogP contribution in [0.5, 0.6) is 0 Å². The number of sulfonamides is 1. The highest BCUT2D eigenvalue weighted by Crippen LogP contribution is 2.32. The van der Waals surface area contributed by atoms with E-state index < -0.39 is 33.5 Å². The predicted molar refractivity (Wildman–Crippen MR) is 75.8 cm³/mol. The number of benzene rings is 1. The Bertz CT molecular complexity index is 622. The second-order valence-electron chi connectivity index (χ2n) is 4.01. The maximum absolute atomic E-state index is 13.4. The molecule has 1 amide bonds. The van der Waals surface area contributed by atoms with E-state index in [1.54, 1.807) is 0 Å². The van der Waals surface area contributed by atoms with Crippen molar-refractivity contribution in [2.75, 3.05) is 12.8 Å². The number of nitrogens with one attached hydrogen (secondary N) is 2. The smallest absolute Gasteiger partial charge is 0.237 e. The first kappa shape index (κ1) is 17.2. The van der Waals surface area contributed by atoms with E-state index in [0.717, 1.165) is 6.07 Å². The molecule has 1 rings (SSSR count). The maximum Gasteiger partial charge on any atom is 0.237 e. The molecule has 0 unspecified atom stereocenters. The number of carbonyl (C=O) groups is 1. The van der Waals surface area contributed by atoms with Crippen LogP contribution in [0.25, 0.3) is 0 Å². The summed E-state index contributed by atoms with van der Waals surface area (Å²) in [4.78, 5) is 11.6. The molecule has 0 aliphatic carbocycles. The fourth-order valence-corrected chi connectivity index (χ4v) is 2.81. The third-order valence-electron chi connectivity index (χ3n) is 2.52. The fraction of sp³-hybridized carbons (Fsp3) is 0.364. The van der Waals surface area contributed by atoms with Gasteiger partial charge in [0.25, 0.3) is 0 Å². The van der Waals surface area contributed by atoms with Gasteiger partial charge < -0.3 is 5.32 Å². The van der Waals surface area contributed by atoms with Crippen LogP contribution in [0.15, 0.2) is 12.1 Å². The number of rotatable bonds is 5. The summed E-state index contributed by atoms with van der Waals surface area (Å²) in [6.07, 6.45) is 0. The molecule has 0 radical (unpaired) electrons. The average Bonchev–Trinajstić information content (AvgIpc) is 2.33. The van der Waals surface area contributed by atoms with Crippen LogP contribution in [-0.4, -0.2) is 27.1 Å². The topological polar surface area (TPSA) is 75.3 Å². The van der Waals surface area contributed by atoms with E-state index in [1.807, 2.05) is 4.72 Å². The molecule has 2 N–H and O–H groups in total. The largest absolute Gasteiger partial charge is 0.349 e. The van der Waals surface area contributed by atoms with Gasteiger partial charge in [-0.05, 0) is 26.1 Å². The Hall–Kier alpha value is -0.890. The molecule has 1 aromatic rings. The molecular formula is C11H13Cl2FN2O3S. The highest BCUT2D eigenvalue weighted by Gasteiger charge is 2.21. The predicted octanol–water partition coefficient (Wildman–Crippen LogP) is 1.86. The van der Waals surface area contributed by atoms with E-state index in [4.69, 9.17) is 23.2 Å². The normalized spacial score (nSPS) is 13.1. The lowest BCUT2D eigenvalue weighted by Crippen LogP contribution is -2.36. The Morgan fingerprint density at radius 1 is 1.40 bits per heavy atom. The molecule has 5 nitrogen and oxygen atoms in total. The van der Waals surface area contributed by atoms with Gasteiger partial charge in [0.1, 0.15) is 11.6 Å². The first-order chi connectivity index (χ1) is 9.18. The molecule has 0 heterocycles. The second kappa shape index (κ2) is 6.71. The Labute approximate surface area is 126 Å². The SMILES string of the molecule is CNS(=O)(=O)CC(=O)N[C@H](C)c1c(Cl)ccc(F)c1Cl. The Morgan fingerprint density at radius 2 is 2.00 bits per heavy atom. The number of hydrogen-bond acceptors (Lipinski definition) is 3. The number of amides is 1. The van der Waals surface area contributed by atoms with Crippen LogP contribution in [0, 0.1) is 5.82 Å². The van der Waals surface area contributed by atoms with Crippen molar-refractivity contribution in [3.05, 3.63) is 33.6 Å². The summed E-state index contributed by atoms with van der Waals surface area (Å²) in [5, 5.41) is 2.38. The van der Waals surface area contributed by atoms with Gasteiger partial charge in [-0.3, -0.25) is 4.79 Å². The van der Waals surface area contributed by atoms with E-state index in [0.29, 0.717) is 0 Å². The quantitative estimate of drug-likeness (QED) is 0.802. The third kappa shape index (κ3) is 4.31. The van der Waals surface area contributed by atoms with Gasteiger partial charge in [-0.2, -0.15) is 0 Å². The van der Waals surface area contributed by atoms with Crippen molar-refractivity contribution in [3.63, 3.8) is 0 Å². The van der Waals surface area contributed by atoms with E-state index in [2.05, 4.69) is 5.32 Å². The molecule has 0 bridgehead atoms. The monoisotopic (exact) mass is 342 g/mol. The molecule has 0 fully saturated rings. The lowest BCUT2D eigenvalue weighted by atomic mass is 10.1. The van der Waals surface area contributed by atoms with Crippen LogP contribution in [0.1, 0.15) is 18.5 Å². The zero-order chi connectivity index (χ0) is 15.5. The van der Waals surface area contributed by atoms with Crippen molar-refractivity contribution in [1.29, 1.82) is 0 Å². The van der Waals surface area contributed by atoms with Crippen molar-refractivity contribution < 1.29 is 17.6 Å². The molecule has 9 heteroatoms. The van der Waals surface area contributed by atoms with E-state index in [-0.39, 0.29) is 15.6 Å². The Morgan fingerprint density at radius 3 is 2.55 bits per heavy atom. The fourth-order valence-electron chi connectivity index (χ4n) is 1.54. The molecule has 0 aliphatic rings. The van der Waals surface area contributed by atoms with E-state index in [9.17, 15) is 17.6 Å². The lowest BCUT2D eigenvalue weighted by Gasteiger charge is -2.17. The van der Waals surface area contributed by atoms with Gasteiger partial charge in [-0.1, -0.05) is 23.2 Å². The molecule has 1 aromatic carbocycles. The summed E-state index contributed by atoms with van der Waals surface area (Å²) in [7, 11) is -2.48. The van der Waals surface area contributed by atoms with Crippen LogP contribution in [0.2, 0.25) is 10.0 Å². The first-order valence-electron chi connectivity index (χ1n) is 5.52. The molecule has 112 valence electrons. The zero-order valence-electron chi connectivity index (χ0n) is 10.7. The second-order valence-corrected chi connectivity index (χ2v) is 6.72. The van der Waals surface area contributed by atoms with Crippen LogP contribution < -0.4 is 10.0 Å². The lowest BCUT2D eigenvalue weighted by molar-refractivity contribution is -0.119. The Kier molecular flexibility index (Phi) is 5.76. The van der Waals surface area contributed by atoms with Gasteiger partial charge in [0, 0.05) is 10.6 Å². The summed E-state index contributed by atoms with van der Waals surface area (Å²) in [6, 6.07) is 1.68. The van der Waals surface area contributed by atoms with Gasteiger partial charge in [0.05, 0.1) is 11.1 Å². The van der Waals surface area contributed by atoms with Crippen molar-refractivity contribution in [2.24, 2.45) is 0 Å². The summed E-state index contributed by atoms with van der Waals surface area (Å²) in [5.74, 6) is -2.16. The average molecular weight is 343 g/mol. The first-order valence-corrected chi connectivity index (χ1v) is 7.92. The maximum atomic E-state index is 13.4. The molecule has 0 aliphatic heterocycles. The third-order valence-corrected chi connectivity index (χ3v) is 4.50. The van der Waals surface area contributed by atoms with Gasteiger partial charge >= 0.3 is 0 Å². The molecule has 0 spiro atoms. The van der Waals surface area contributed by atoms with Crippen molar-refractivity contribution in [1.82, 2.24) is 10.0 Å². The van der Waals surface area contributed by atoms with Gasteiger partial charge in [0.15, 0.2) is 0 Å². The van der Waals surface area contributed by atoms with Crippen LogP contribution in [0.3, 0.4) is 0 Å². The van der Waals surface area contributed by atoms with E-state index >= 15 is 0 Å². The molecule has 0 saturated heterocycles. The van der Waals surface area contributed by atoms with Gasteiger partial charge in [-0.25, -0.2) is 17.5 Å². The number of carbonyl (C=O) groups excluding carboxylic acids is 1. The van der Waals surface area contributed by atoms with Crippen molar-refractivity contribution >= 4 is 39.1 Å². The van der Waals surface area contributed by atoms with Gasteiger partial charge in [-0.15, -0.1) is 0 Å². The zero-order valence-corrected chi connectivity index (χ0v) is 13.0. The molecular weight excluding hydrogens is 330 g/mol. The molecule has 1 atom stereocenters. The van der Waals surface area contributed by atoms with Crippen molar-refractivity contribution in [3.8, 4) is 0 Å². The van der Waals surface area contributed by atoms with Gasteiger partial charge in [0.2, 0.25) is 15.9 Å². The standard InChI is InChI=1S/C11H13Cl2FN2O3S/c1-6(16-9(17)5-20(18,19)15-2)10-7(12)3-4-8(14)11(10)13/h3-4,6,15H,5H2,1-2H3,(H,16,17)/t6-/m1/s1. The van der Waals surface area contributed by atoms with Crippen LogP contribution >= 0.6 is 23.2 Å². The van der Waals surface area contributed by atoms with Crippen LogP contribution in [0.4, 0.5) is 4.39 Å². The minimum absolute atomic E-state index is 0.181. The molecule has 20 heavy (non-hydrogen) atoms. The van der Waals surface area contributed by atoms with E-state index in [1.165, 1.54) is 20.0 Å². The summed E-state index contributed by atoms with van der Waals surface area (Å²) in [6.45, 7) is 1.52. The minimum atomic E-state index is -3.68. The summed E-state index contributed by atoms with van der Waals surface area (Å²) < 4.78 is 37.9. The molecule has 0 aromatic heterocycles. The number of hydrogen-bond donors (Lipinski definition) is 2. The summed E-state index contributed by atoms with van der Waals surface area (Å²) in [5.41, 5.74) is 0.198. The van der Waals surface area contributed by atoms with Crippen molar-refractivity contribution in [2.45, 2.75) is 13.0 Å². The highest BCUT2D eigenvalue weighted by atomic mass is 35.5. The molecule has 0 saturated carbocycles. The Balaban J connectivity index is 2.90. The minimum Gasteiger partial charge on any atom is -0.349 e.